The molecule has 0 aromatic heterocycles. The van der Waals surface area contributed by atoms with Crippen molar-refractivity contribution in [2.45, 2.75) is 13.0 Å². The van der Waals surface area contributed by atoms with E-state index in [0.717, 1.165) is 6.08 Å². The van der Waals surface area contributed by atoms with E-state index in [1.807, 2.05) is 6.92 Å². The molecule has 0 aliphatic rings. The third kappa shape index (κ3) is 7.36. The molecule has 0 amide bonds. The van der Waals surface area contributed by atoms with Gasteiger partial charge in [0, 0.05) is 6.08 Å². The van der Waals surface area contributed by atoms with E-state index in [1.165, 1.54) is 6.26 Å². The molecule has 0 radical (unpaired) electrons. The molecule has 0 N–H and O–H groups in total. The zero-order valence-electron chi connectivity index (χ0n) is 8.40. The second-order valence-corrected chi connectivity index (χ2v) is 2.56. The van der Waals surface area contributed by atoms with Gasteiger partial charge in [-0.1, -0.05) is 13.2 Å². The van der Waals surface area contributed by atoms with Gasteiger partial charge in [-0.25, -0.2) is 4.79 Å². The van der Waals surface area contributed by atoms with Crippen molar-refractivity contribution in [2.24, 2.45) is 0 Å². The Kier molecular flexibility index (Phi) is 7.55. The fraction of sp³-hybridized carbons (Fsp3) is 0.500. The fourth-order valence-electron chi connectivity index (χ4n) is 0.713. The highest BCUT2D eigenvalue weighted by molar-refractivity contribution is 5.81. The van der Waals surface area contributed by atoms with Crippen molar-refractivity contribution < 1.29 is 19.0 Å². The summed E-state index contributed by atoms with van der Waals surface area (Å²) in [6.45, 7) is 9.57. The van der Waals surface area contributed by atoms with Gasteiger partial charge in [0.25, 0.3) is 0 Å². The van der Waals surface area contributed by atoms with E-state index in [2.05, 4.69) is 17.9 Å². The molecule has 0 rings (SSSR count). The van der Waals surface area contributed by atoms with Crippen molar-refractivity contribution in [3.8, 4) is 0 Å². The van der Waals surface area contributed by atoms with Gasteiger partial charge in [0.1, 0.15) is 12.7 Å². The van der Waals surface area contributed by atoms with Gasteiger partial charge in [-0.3, -0.25) is 0 Å². The molecule has 0 saturated carbocycles. The van der Waals surface area contributed by atoms with Crippen LogP contribution in [0.15, 0.2) is 25.5 Å². The number of carbonyl (C=O) groups is 1. The molecule has 0 aromatic rings. The van der Waals surface area contributed by atoms with Crippen LogP contribution in [0.25, 0.3) is 0 Å². The minimum absolute atomic E-state index is 0.0393. The van der Waals surface area contributed by atoms with E-state index in [-0.39, 0.29) is 12.7 Å². The first-order chi connectivity index (χ1) is 6.70. The molecule has 4 nitrogen and oxygen atoms in total. The molecule has 0 saturated heterocycles. The molecule has 14 heavy (non-hydrogen) atoms. The number of ether oxygens (including phenoxy) is 3. The maximum atomic E-state index is 10.6. The Morgan fingerprint density at radius 2 is 2.14 bits per heavy atom. The highest BCUT2D eigenvalue weighted by Crippen LogP contribution is 1.92. The lowest BCUT2D eigenvalue weighted by Gasteiger charge is -2.11. The Balaban J connectivity index is 3.24. The average molecular weight is 200 g/mol. The van der Waals surface area contributed by atoms with E-state index >= 15 is 0 Å². The smallest absolute Gasteiger partial charge is 0.330 e. The summed E-state index contributed by atoms with van der Waals surface area (Å²) in [4.78, 5) is 10.6. The molecule has 0 heterocycles. The first-order valence-electron chi connectivity index (χ1n) is 4.34. The van der Waals surface area contributed by atoms with Crippen molar-refractivity contribution in [3.63, 3.8) is 0 Å². The van der Waals surface area contributed by atoms with Crippen LogP contribution in [0.5, 0.6) is 0 Å². The van der Waals surface area contributed by atoms with Gasteiger partial charge in [-0.15, -0.1) is 0 Å². The summed E-state index contributed by atoms with van der Waals surface area (Å²) in [5, 5.41) is 0. The van der Waals surface area contributed by atoms with Crippen LogP contribution in [-0.2, 0) is 19.0 Å². The second-order valence-electron chi connectivity index (χ2n) is 2.56. The summed E-state index contributed by atoms with van der Waals surface area (Å²) in [6.07, 6.45) is 2.44. The Morgan fingerprint density at radius 3 is 2.71 bits per heavy atom. The van der Waals surface area contributed by atoms with Crippen molar-refractivity contribution in [3.05, 3.63) is 25.5 Å². The van der Waals surface area contributed by atoms with Gasteiger partial charge in [0.15, 0.2) is 0 Å². The Morgan fingerprint density at radius 1 is 1.43 bits per heavy atom. The van der Waals surface area contributed by atoms with Gasteiger partial charge < -0.3 is 14.2 Å². The molecule has 0 aliphatic heterocycles. The highest BCUT2D eigenvalue weighted by atomic mass is 16.6. The van der Waals surface area contributed by atoms with Gasteiger partial charge >= 0.3 is 5.97 Å². The molecule has 0 fully saturated rings. The number of hydrogen-bond acceptors (Lipinski definition) is 4. The summed E-state index contributed by atoms with van der Waals surface area (Å²) < 4.78 is 14.9. The maximum Gasteiger partial charge on any atom is 0.330 e. The minimum Gasteiger partial charge on any atom is -0.497 e. The zero-order chi connectivity index (χ0) is 10.8. The summed E-state index contributed by atoms with van der Waals surface area (Å²) in [5.41, 5.74) is 0. The molecule has 0 bridgehead atoms. The molecular formula is C10H16O4. The van der Waals surface area contributed by atoms with Gasteiger partial charge in [-0.05, 0) is 6.92 Å². The van der Waals surface area contributed by atoms with E-state index in [4.69, 9.17) is 9.47 Å². The summed E-state index contributed by atoms with van der Waals surface area (Å²) in [5.74, 6) is -0.441. The Hall–Kier alpha value is -1.29. The van der Waals surface area contributed by atoms with Crippen LogP contribution in [0.2, 0.25) is 0 Å². The Bertz CT molecular complexity index is 189. The predicted octanol–water partition coefficient (Wildman–Crippen LogP) is 1.28. The van der Waals surface area contributed by atoms with Crippen molar-refractivity contribution in [1.82, 2.24) is 0 Å². The minimum atomic E-state index is -0.441. The SMILES string of the molecule is C=COC(C)COCCOC(=O)C=C. The summed E-state index contributed by atoms with van der Waals surface area (Å²) in [7, 11) is 0. The van der Waals surface area contributed by atoms with Crippen molar-refractivity contribution in [2.75, 3.05) is 19.8 Å². The lowest BCUT2D eigenvalue weighted by molar-refractivity contribution is -0.139. The van der Waals surface area contributed by atoms with Crippen LogP contribution in [0, 0.1) is 0 Å². The van der Waals surface area contributed by atoms with E-state index in [9.17, 15) is 4.79 Å². The van der Waals surface area contributed by atoms with Gasteiger partial charge in [-0.2, -0.15) is 0 Å². The van der Waals surface area contributed by atoms with Crippen molar-refractivity contribution >= 4 is 5.97 Å². The van der Waals surface area contributed by atoms with Crippen LogP contribution < -0.4 is 0 Å². The van der Waals surface area contributed by atoms with Gasteiger partial charge in [0.05, 0.1) is 19.5 Å². The van der Waals surface area contributed by atoms with Crippen molar-refractivity contribution in [1.29, 1.82) is 0 Å². The summed E-state index contributed by atoms with van der Waals surface area (Å²) in [6, 6.07) is 0. The number of hydrogen-bond donors (Lipinski definition) is 0. The third-order valence-electron chi connectivity index (χ3n) is 1.32. The molecule has 0 aromatic carbocycles. The largest absolute Gasteiger partial charge is 0.497 e. The van der Waals surface area contributed by atoms with Crippen LogP contribution in [0.4, 0.5) is 0 Å². The predicted molar refractivity (Wildman–Crippen MR) is 52.7 cm³/mol. The molecule has 4 heteroatoms. The van der Waals surface area contributed by atoms with Crippen LogP contribution in [-0.4, -0.2) is 31.9 Å². The number of rotatable bonds is 8. The highest BCUT2D eigenvalue weighted by Gasteiger charge is 2.00. The monoisotopic (exact) mass is 200 g/mol. The topological polar surface area (TPSA) is 44.8 Å². The number of esters is 1. The summed E-state index contributed by atoms with van der Waals surface area (Å²) >= 11 is 0. The Labute approximate surface area is 84.1 Å². The molecule has 1 unspecified atom stereocenters. The molecule has 0 aliphatic carbocycles. The first kappa shape index (κ1) is 12.7. The second kappa shape index (κ2) is 8.31. The maximum absolute atomic E-state index is 10.6. The lowest BCUT2D eigenvalue weighted by atomic mass is 10.4. The molecule has 1 atom stereocenters. The number of carbonyl (C=O) groups excluding carboxylic acids is 1. The first-order valence-corrected chi connectivity index (χ1v) is 4.34. The average Bonchev–Trinajstić information content (AvgIpc) is 2.17. The van der Waals surface area contributed by atoms with E-state index < -0.39 is 5.97 Å². The quantitative estimate of drug-likeness (QED) is 0.256. The molecular weight excluding hydrogens is 184 g/mol. The zero-order valence-corrected chi connectivity index (χ0v) is 8.40. The molecule has 0 spiro atoms. The van der Waals surface area contributed by atoms with Crippen LogP contribution >= 0.6 is 0 Å². The van der Waals surface area contributed by atoms with Gasteiger partial charge in [0.2, 0.25) is 0 Å². The van der Waals surface area contributed by atoms with E-state index in [0.29, 0.717) is 13.2 Å². The standard InChI is InChI=1S/C10H16O4/c1-4-10(11)14-7-6-12-8-9(3)13-5-2/h4-5,9H,1-2,6-8H2,3H3. The fourth-order valence-corrected chi connectivity index (χ4v) is 0.713. The van der Waals surface area contributed by atoms with E-state index in [1.54, 1.807) is 0 Å². The van der Waals surface area contributed by atoms with Crippen LogP contribution in [0.3, 0.4) is 0 Å². The lowest BCUT2D eigenvalue weighted by Crippen LogP contribution is -2.16. The van der Waals surface area contributed by atoms with Crippen LogP contribution in [0.1, 0.15) is 6.92 Å². The normalized spacial score (nSPS) is 11.5. The third-order valence-corrected chi connectivity index (χ3v) is 1.32. The molecule has 80 valence electrons.